The molecule has 4 heteroatoms. The van der Waals surface area contributed by atoms with E-state index in [1.807, 2.05) is 0 Å². The molecule has 0 amide bonds. The lowest BCUT2D eigenvalue weighted by Gasteiger charge is -2.34. The molecule has 1 aliphatic rings. The zero-order valence-electron chi connectivity index (χ0n) is 12.0. The number of rotatable bonds is 5. The number of nitrogens with zero attached hydrogens (tertiary/aromatic N) is 2. The summed E-state index contributed by atoms with van der Waals surface area (Å²) in [5, 5.41) is 1.36. The lowest BCUT2D eigenvalue weighted by atomic mass is 10.1. The van der Waals surface area contributed by atoms with Gasteiger partial charge < -0.3 is 15.6 Å². The Morgan fingerprint density at radius 2 is 1.80 bits per heavy atom. The van der Waals surface area contributed by atoms with Crippen molar-refractivity contribution in [1.82, 2.24) is 14.8 Å². The minimum Gasteiger partial charge on any atom is -0.361 e. The number of piperazine rings is 1. The largest absolute Gasteiger partial charge is 0.361 e. The van der Waals surface area contributed by atoms with Crippen LogP contribution < -0.4 is 5.73 Å². The second-order valence-electron chi connectivity index (χ2n) is 5.62. The van der Waals surface area contributed by atoms with E-state index in [2.05, 4.69) is 45.2 Å². The first-order chi connectivity index (χ1) is 9.86. The van der Waals surface area contributed by atoms with E-state index in [0.29, 0.717) is 0 Å². The Labute approximate surface area is 120 Å². The number of fused-ring (bicyclic) bond motifs is 1. The van der Waals surface area contributed by atoms with Gasteiger partial charge in [-0.25, -0.2) is 0 Å². The Bertz CT molecular complexity index is 540. The molecule has 0 radical (unpaired) electrons. The molecule has 20 heavy (non-hydrogen) atoms. The van der Waals surface area contributed by atoms with Crippen molar-refractivity contribution < 1.29 is 0 Å². The maximum absolute atomic E-state index is 5.58. The van der Waals surface area contributed by atoms with Crippen molar-refractivity contribution in [3.63, 3.8) is 0 Å². The predicted molar refractivity (Wildman–Crippen MR) is 83.7 cm³/mol. The molecule has 0 saturated carbocycles. The van der Waals surface area contributed by atoms with E-state index in [1.54, 1.807) is 0 Å². The Hall–Kier alpha value is -1.36. The third kappa shape index (κ3) is 3.03. The lowest BCUT2D eigenvalue weighted by molar-refractivity contribution is 0.127. The third-order valence-corrected chi connectivity index (χ3v) is 4.21. The molecule has 3 rings (SSSR count). The standard InChI is InChI=1S/C16H24N4/c17-6-3-7-19-8-10-20(11-9-19)13-14-12-18-16-5-2-1-4-15(14)16/h1-2,4-5,12,18H,3,6-11,13,17H2. The summed E-state index contributed by atoms with van der Waals surface area (Å²) in [5.41, 5.74) is 8.23. The zero-order valence-corrected chi connectivity index (χ0v) is 12.0. The molecule has 1 aromatic heterocycles. The summed E-state index contributed by atoms with van der Waals surface area (Å²) in [4.78, 5) is 8.44. The van der Waals surface area contributed by atoms with Crippen LogP contribution in [0.2, 0.25) is 0 Å². The number of hydrogen-bond donors (Lipinski definition) is 2. The number of H-pyrrole nitrogens is 1. The number of para-hydroxylation sites is 1. The summed E-state index contributed by atoms with van der Waals surface area (Å²) in [5.74, 6) is 0. The number of nitrogens with one attached hydrogen (secondary N) is 1. The van der Waals surface area contributed by atoms with Crippen molar-refractivity contribution in [3.05, 3.63) is 36.0 Å². The van der Waals surface area contributed by atoms with Crippen LogP contribution in [0.3, 0.4) is 0 Å². The van der Waals surface area contributed by atoms with Gasteiger partial charge in [0.25, 0.3) is 0 Å². The first-order valence-electron chi connectivity index (χ1n) is 7.56. The fourth-order valence-electron chi connectivity index (χ4n) is 2.99. The van der Waals surface area contributed by atoms with E-state index >= 15 is 0 Å². The second-order valence-corrected chi connectivity index (χ2v) is 5.62. The number of benzene rings is 1. The van der Waals surface area contributed by atoms with E-state index in [9.17, 15) is 0 Å². The van der Waals surface area contributed by atoms with Gasteiger partial charge in [0.05, 0.1) is 0 Å². The zero-order chi connectivity index (χ0) is 13.8. The van der Waals surface area contributed by atoms with E-state index in [4.69, 9.17) is 5.73 Å². The van der Waals surface area contributed by atoms with E-state index < -0.39 is 0 Å². The minimum atomic E-state index is 0.801. The van der Waals surface area contributed by atoms with Crippen molar-refractivity contribution in [2.75, 3.05) is 39.3 Å². The SMILES string of the molecule is NCCCN1CCN(Cc2c[nH]c3ccccc23)CC1. The normalized spacial score (nSPS) is 17.9. The molecule has 1 aromatic carbocycles. The first kappa shape index (κ1) is 13.6. The summed E-state index contributed by atoms with van der Waals surface area (Å²) in [6.45, 7) is 7.65. The van der Waals surface area contributed by atoms with Crippen LogP contribution >= 0.6 is 0 Å². The van der Waals surface area contributed by atoms with Crippen LogP contribution in [0.15, 0.2) is 30.5 Å². The van der Waals surface area contributed by atoms with Crippen molar-refractivity contribution >= 4 is 10.9 Å². The molecule has 0 unspecified atom stereocenters. The maximum atomic E-state index is 5.58. The van der Waals surface area contributed by atoms with E-state index in [-0.39, 0.29) is 0 Å². The molecular weight excluding hydrogens is 248 g/mol. The highest BCUT2D eigenvalue weighted by atomic mass is 15.3. The molecule has 108 valence electrons. The van der Waals surface area contributed by atoms with Gasteiger partial charge in [0.1, 0.15) is 0 Å². The fraction of sp³-hybridized carbons (Fsp3) is 0.500. The van der Waals surface area contributed by atoms with Gasteiger partial charge in [-0.1, -0.05) is 18.2 Å². The van der Waals surface area contributed by atoms with Crippen molar-refractivity contribution in [2.45, 2.75) is 13.0 Å². The fourth-order valence-corrected chi connectivity index (χ4v) is 2.99. The summed E-state index contributed by atoms with van der Waals surface area (Å²) < 4.78 is 0. The Kier molecular flexibility index (Phi) is 4.35. The smallest absolute Gasteiger partial charge is 0.0457 e. The van der Waals surface area contributed by atoms with Gasteiger partial charge in [-0.2, -0.15) is 0 Å². The molecule has 1 saturated heterocycles. The van der Waals surface area contributed by atoms with Crippen LogP contribution in [0, 0.1) is 0 Å². The Morgan fingerprint density at radius 1 is 1.05 bits per heavy atom. The van der Waals surface area contributed by atoms with E-state index in [0.717, 1.165) is 39.1 Å². The number of aromatic nitrogens is 1. The summed E-state index contributed by atoms with van der Waals surface area (Å²) >= 11 is 0. The highest BCUT2D eigenvalue weighted by molar-refractivity contribution is 5.82. The van der Waals surface area contributed by atoms with Crippen LogP contribution in [-0.4, -0.2) is 54.1 Å². The van der Waals surface area contributed by atoms with Crippen LogP contribution in [0.5, 0.6) is 0 Å². The van der Waals surface area contributed by atoms with Gasteiger partial charge in [-0.3, -0.25) is 4.90 Å². The molecule has 1 fully saturated rings. The number of nitrogens with two attached hydrogens (primary N) is 1. The summed E-state index contributed by atoms with van der Waals surface area (Å²) in [6.07, 6.45) is 3.27. The molecule has 2 aromatic rings. The molecule has 0 aliphatic carbocycles. The molecule has 3 N–H and O–H groups in total. The van der Waals surface area contributed by atoms with Gasteiger partial charge in [0, 0.05) is 49.8 Å². The topological polar surface area (TPSA) is 48.3 Å². The van der Waals surface area contributed by atoms with Crippen LogP contribution in [0.4, 0.5) is 0 Å². The molecular formula is C16H24N4. The molecule has 4 nitrogen and oxygen atoms in total. The number of hydrogen-bond acceptors (Lipinski definition) is 3. The second kappa shape index (κ2) is 6.39. The Morgan fingerprint density at radius 3 is 2.60 bits per heavy atom. The van der Waals surface area contributed by atoms with Gasteiger partial charge in [-0.05, 0) is 31.1 Å². The van der Waals surface area contributed by atoms with Gasteiger partial charge in [0.2, 0.25) is 0 Å². The molecule has 0 spiro atoms. The number of aromatic amines is 1. The van der Waals surface area contributed by atoms with Crippen LogP contribution in [-0.2, 0) is 6.54 Å². The average molecular weight is 272 g/mol. The van der Waals surface area contributed by atoms with Crippen LogP contribution in [0.1, 0.15) is 12.0 Å². The molecule has 0 bridgehead atoms. The van der Waals surface area contributed by atoms with Gasteiger partial charge in [-0.15, -0.1) is 0 Å². The molecule has 0 atom stereocenters. The minimum absolute atomic E-state index is 0.801. The summed E-state index contributed by atoms with van der Waals surface area (Å²) in [7, 11) is 0. The predicted octanol–water partition coefficient (Wildman–Crippen LogP) is 1.63. The monoisotopic (exact) mass is 272 g/mol. The third-order valence-electron chi connectivity index (χ3n) is 4.21. The molecule has 2 heterocycles. The highest BCUT2D eigenvalue weighted by Crippen LogP contribution is 2.19. The van der Waals surface area contributed by atoms with Crippen LogP contribution in [0.25, 0.3) is 10.9 Å². The average Bonchev–Trinajstić information content (AvgIpc) is 2.90. The van der Waals surface area contributed by atoms with Gasteiger partial charge in [0.15, 0.2) is 0 Å². The van der Waals surface area contributed by atoms with Crippen molar-refractivity contribution in [1.29, 1.82) is 0 Å². The quantitative estimate of drug-likeness (QED) is 0.870. The van der Waals surface area contributed by atoms with Crippen molar-refractivity contribution in [2.24, 2.45) is 5.73 Å². The first-order valence-corrected chi connectivity index (χ1v) is 7.56. The highest BCUT2D eigenvalue weighted by Gasteiger charge is 2.17. The van der Waals surface area contributed by atoms with E-state index in [1.165, 1.54) is 29.6 Å². The molecule has 1 aliphatic heterocycles. The maximum Gasteiger partial charge on any atom is 0.0457 e. The lowest BCUT2D eigenvalue weighted by Crippen LogP contribution is -2.46. The van der Waals surface area contributed by atoms with Gasteiger partial charge >= 0.3 is 0 Å². The summed E-state index contributed by atoms with van der Waals surface area (Å²) in [6, 6.07) is 8.55. The Balaban J connectivity index is 1.57. The van der Waals surface area contributed by atoms with Crippen molar-refractivity contribution in [3.8, 4) is 0 Å².